The third kappa shape index (κ3) is 6.53. The summed E-state index contributed by atoms with van der Waals surface area (Å²) in [6.07, 6.45) is 1.71. The van der Waals surface area contributed by atoms with Crippen LogP contribution >= 0.6 is 24.0 Å². The molecule has 0 aliphatic carbocycles. The number of nitrogens with zero attached hydrogens (tertiary/aromatic N) is 2. The van der Waals surface area contributed by atoms with Crippen molar-refractivity contribution < 1.29 is 17.9 Å². The van der Waals surface area contributed by atoms with E-state index in [1.54, 1.807) is 21.3 Å². The van der Waals surface area contributed by atoms with Gasteiger partial charge in [-0.05, 0) is 18.8 Å². The minimum atomic E-state index is -2.85. The Hall–Kier alpha value is -1.43. The number of benzene rings is 1. The van der Waals surface area contributed by atoms with Crippen molar-refractivity contribution in [3.8, 4) is 11.5 Å². The summed E-state index contributed by atoms with van der Waals surface area (Å²) in [6.45, 7) is 2.39. The van der Waals surface area contributed by atoms with E-state index in [1.807, 2.05) is 18.2 Å². The summed E-state index contributed by atoms with van der Waals surface area (Å²) >= 11 is 0. The second kappa shape index (κ2) is 10.6. The first-order valence-electron chi connectivity index (χ1n) is 9.58. The van der Waals surface area contributed by atoms with Crippen molar-refractivity contribution in [1.82, 2.24) is 10.6 Å². The first kappa shape index (κ1) is 23.8. The van der Waals surface area contributed by atoms with Crippen molar-refractivity contribution >= 4 is 45.5 Å². The Morgan fingerprint density at radius 1 is 1.21 bits per heavy atom. The van der Waals surface area contributed by atoms with Gasteiger partial charge < -0.3 is 25.0 Å². The van der Waals surface area contributed by atoms with Crippen LogP contribution < -0.4 is 25.0 Å². The number of sulfone groups is 1. The van der Waals surface area contributed by atoms with Crippen LogP contribution in [0.5, 0.6) is 11.5 Å². The number of nitrogens with one attached hydrogen (secondary N) is 2. The van der Waals surface area contributed by atoms with E-state index in [4.69, 9.17) is 9.47 Å². The molecule has 1 aromatic rings. The largest absolute Gasteiger partial charge is 0.497 e. The molecule has 2 aliphatic heterocycles. The quantitative estimate of drug-likeness (QED) is 0.322. The topological polar surface area (TPSA) is 92.3 Å². The van der Waals surface area contributed by atoms with Crippen LogP contribution in [0.15, 0.2) is 23.2 Å². The maximum Gasteiger partial charge on any atom is 0.191 e. The lowest BCUT2D eigenvalue weighted by molar-refractivity contribution is 0.394. The Morgan fingerprint density at radius 3 is 2.45 bits per heavy atom. The van der Waals surface area contributed by atoms with E-state index >= 15 is 0 Å². The molecular formula is C19H31IN4O4S. The Morgan fingerprint density at radius 2 is 1.90 bits per heavy atom. The van der Waals surface area contributed by atoms with Gasteiger partial charge in [-0.1, -0.05) is 0 Å². The predicted octanol–water partition coefficient (Wildman–Crippen LogP) is 1.50. The Kier molecular flexibility index (Phi) is 8.68. The number of guanidine groups is 1. The van der Waals surface area contributed by atoms with E-state index in [0.717, 1.165) is 49.1 Å². The normalized spacial score (nSPS) is 23.4. The van der Waals surface area contributed by atoms with E-state index in [2.05, 4.69) is 20.5 Å². The van der Waals surface area contributed by atoms with Crippen LogP contribution in [0, 0.1) is 5.92 Å². The molecule has 2 saturated heterocycles. The number of methoxy groups -OCH3 is 2. The summed E-state index contributed by atoms with van der Waals surface area (Å²) in [7, 11) is 2.19. The van der Waals surface area contributed by atoms with Gasteiger partial charge in [-0.2, -0.15) is 0 Å². The molecule has 0 bridgehead atoms. The van der Waals surface area contributed by atoms with Crippen LogP contribution in [0.1, 0.15) is 12.8 Å². The average Bonchev–Trinajstić information content (AvgIpc) is 3.30. The highest BCUT2D eigenvalue weighted by Crippen LogP contribution is 2.30. The molecule has 2 atom stereocenters. The SMILES string of the molecule is CN=C(NCC1CCS(=O)(=O)C1)NC1CCN(c2cc(OC)cc(OC)c2)C1.I. The van der Waals surface area contributed by atoms with Crippen LogP contribution in [0.2, 0.25) is 0 Å². The van der Waals surface area contributed by atoms with Gasteiger partial charge in [0, 0.05) is 56.6 Å². The zero-order valence-electron chi connectivity index (χ0n) is 17.2. The second-order valence-corrected chi connectivity index (χ2v) is 9.60. The van der Waals surface area contributed by atoms with Gasteiger partial charge in [0.1, 0.15) is 11.5 Å². The predicted molar refractivity (Wildman–Crippen MR) is 127 cm³/mol. The summed E-state index contributed by atoms with van der Waals surface area (Å²) in [5, 5.41) is 6.74. The van der Waals surface area contributed by atoms with Gasteiger partial charge in [0.2, 0.25) is 0 Å². The molecular weight excluding hydrogens is 507 g/mol. The molecule has 0 spiro atoms. The smallest absolute Gasteiger partial charge is 0.191 e. The maximum absolute atomic E-state index is 11.6. The van der Waals surface area contributed by atoms with Crippen LogP contribution in [-0.4, -0.2) is 72.8 Å². The number of aliphatic imine (C=N–C) groups is 1. The van der Waals surface area contributed by atoms with Crippen LogP contribution in [0.25, 0.3) is 0 Å². The van der Waals surface area contributed by atoms with E-state index < -0.39 is 9.84 Å². The number of hydrogen-bond acceptors (Lipinski definition) is 6. The molecule has 2 N–H and O–H groups in total. The molecule has 164 valence electrons. The molecule has 0 amide bonds. The Balaban J connectivity index is 0.00000300. The van der Waals surface area contributed by atoms with Crippen LogP contribution in [-0.2, 0) is 9.84 Å². The number of ether oxygens (including phenoxy) is 2. The number of halogens is 1. The standard InChI is InChI=1S/C19H30N4O4S.HI/c1-20-19(21-11-14-5-7-28(24,25)13-14)22-15-4-6-23(12-15)16-8-17(26-2)10-18(9-16)27-3;/h8-10,14-15H,4-7,11-13H2,1-3H3,(H2,20,21,22);1H. The zero-order chi connectivity index (χ0) is 20.1. The molecule has 10 heteroatoms. The Labute approximate surface area is 190 Å². The molecule has 2 unspecified atom stereocenters. The van der Waals surface area contributed by atoms with Crippen LogP contribution in [0.3, 0.4) is 0 Å². The second-order valence-electron chi connectivity index (χ2n) is 7.37. The summed E-state index contributed by atoms with van der Waals surface area (Å²) in [5.74, 6) is 3.00. The molecule has 0 aromatic heterocycles. The minimum Gasteiger partial charge on any atom is -0.497 e. The highest BCUT2D eigenvalue weighted by molar-refractivity contribution is 14.0. The van der Waals surface area contributed by atoms with E-state index in [1.165, 1.54) is 0 Å². The maximum atomic E-state index is 11.6. The lowest BCUT2D eigenvalue weighted by Gasteiger charge is -2.22. The van der Waals surface area contributed by atoms with Crippen molar-refractivity contribution in [1.29, 1.82) is 0 Å². The van der Waals surface area contributed by atoms with E-state index in [9.17, 15) is 8.42 Å². The fourth-order valence-electron chi connectivity index (χ4n) is 3.75. The van der Waals surface area contributed by atoms with Gasteiger partial charge in [-0.3, -0.25) is 4.99 Å². The molecule has 0 radical (unpaired) electrons. The van der Waals surface area contributed by atoms with Gasteiger partial charge >= 0.3 is 0 Å². The lowest BCUT2D eigenvalue weighted by atomic mass is 10.1. The molecule has 2 fully saturated rings. The summed E-state index contributed by atoms with van der Waals surface area (Å²) < 4.78 is 33.9. The van der Waals surface area contributed by atoms with Gasteiger partial charge in [-0.25, -0.2) is 8.42 Å². The van der Waals surface area contributed by atoms with Gasteiger partial charge in [0.05, 0.1) is 25.7 Å². The van der Waals surface area contributed by atoms with E-state index in [-0.39, 0.29) is 41.7 Å². The van der Waals surface area contributed by atoms with Gasteiger partial charge in [-0.15, -0.1) is 24.0 Å². The summed E-state index contributed by atoms with van der Waals surface area (Å²) in [6, 6.07) is 6.15. The molecule has 2 heterocycles. The summed E-state index contributed by atoms with van der Waals surface area (Å²) in [4.78, 5) is 6.58. The highest BCUT2D eigenvalue weighted by Gasteiger charge is 2.28. The number of hydrogen-bond donors (Lipinski definition) is 2. The van der Waals surface area contributed by atoms with Crippen molar-refractivity contribution in [3.05, 3.63) is 18.2 Å². The number of anilines is 1. The summed E-state index contributed by atoms with van der Waals surface area (Å²) in [5.41, 5.74) is 1.07. The van der Waals surface area contributed by atoms with Crippen LogP contribution in [0.4, 0.5) is 5.69 Å². The average molecular weight is 538 g/mol. The fourth-order valence-corrected chi connectivity index (χ4v) is 5.61. The Bertz CT molecular complexity index is 796. The first-order valence-corrected chi connectivity index (χ1v) is 11.4. The molecule has 3 rings (SSSR count). The minimum absolute atomic E-state index is 0. The molecule has 2 aliphatic rings. The molecule has 1 aromatic carbocycles. The monoisotopic (exact) mass is 538 g/mol. The molecule has 8 nitrogen and oxygen atoms in total. The number of rotatable bonds is 6. The molecule has 29 heavy (non-hydrogen) atoms. The first-order chi connectivity index (χ1) is 13.4. The third-order valence-corrected chi connectivity index (χ3v) is 7.18. The van der Waals surface area contributed by atoms with Crippen molar-refractivity contribution in [2.24, 2.45) is 10.9 Å². The third-order valence-electron chi connectivity index (χ3n) is 5.34. The van der Waals surface area contributed by atoms with E-state index in [0.29, 0.717) is 12.3 Å². The molecule has 0 saturated carbocycles. The highest BCUT2D eigenvalue weighted by atomic mass is 127. The zero-order valence-corrected chi connectivity index (χ0v) is 20.3. The van der Waals surface area contributed by atoms with Crippen molar-refractivity contribution in [2.75, 3.05) is 57.3 Å². The lowest BCUT2D eigenvalue weighted by Crippen LogP contribution is -2.46. The fraction of sp³-hybridized carbons (Fsp3) is 0.632. The van der Waals surface area contributed by atoms with Gasteiger partial charge in [0.25, 0.3) is 0 Å². The van der Waals surface area contributed by atoms with Gasteiger partial charge in [0.15, 0.2) is 15.8 Å². The van der Waals surface area contributed by atoms with Crippen molar-refractivity contribution in [3.63, 3.8) is 0 Å². The van der Waals surface area contributed by atoms with Crippen molar-refractivity contribution in [2.45, 2.75) is 18.9 Å².